The average molecular weight is 323 g/mol. The summed E-state index contributed by atoms with van der Waals surface area (Å²) in [5, 5.41) is 2.70. The molecular weight excluding hydrogens is 306 g/mol. The summed E-state index contributed by atoms with van der Waals surface area (Å²) < 4.78 is 7.25. The van der Waals surface area contributed by atoms with Crippen molar-refractivity contribution in [3.63, 3.8) is 0 Å². The maximum absolute atomic E-state index is 12.0. The normalized spacial score (nSPS) is 10.4. The lowest BCUT2D eigenvalue weighted by molar-refractivity contribution is -0.118. The molecule has 0 spiro atoms. The van der Waals surface area contributed by atoms with Crippen LogP contribution in [0.3, 0.4) is 0 Å². The van der Waals surface area contributed by atoms with Crippen molar-refractivity contribution in [1.29, 1.82) is 0 Å². The van der Waals surface area contributed by atoms with Crippen LogP contribution in [-0.2, 0) is 4.79 Å². The summed E-state index contributed by atoms with van der Waals surface area (Å²) in [6, 6.07) is 9.19. The summed E-state index contributed by atoms with van der Waals surface area (Å²) in [5.41, 5.74) is 1.13. The molecule has 3 rings (SSSR count). The molecule has 0 atom stereocenters. The Balaban J connectivity index is 1.62. The van der Waals surface area contributed by atoms with Gasteiger partial charge in [0.15, 0.2) is 6.61 Å². The highest BCUT2D eigenvalue weighted by Crippen LogP contribution is 2.13. The number of amides is 1. The van der Waals surface area contributed by atoms with Crippen molar-refractivity contribution in [1.82, 2.24) is 19.5 Å². The largest absolute Gasteiger partial charge is 0.484 e. The minimum atomic E-state index is -0.289. The average Bonchev–Trinajstić information content (AvgIpc) is 3.01. The molecule has 0 fully saturated rings. The van der Waals surface area contributed by atoms with Crippen LogP contribution in [0, 0.1) is 13.8 Å². The predicted molar refractivity (Wildman–Crippen MR) is 89.2 cm³/mol. The van der Waals surface area contributed by atoms with E-state index in [-0.39, 0.29) is 12.5 Å². The van der Waals surface area contributed by atoms with Crippen molar-refractivity contribution in [2.24, 2.45) is 0 Å². The number of benzene rings is 1. The first-order valence-corrected chi connectivity index (χ1v) is 7.43. The van der Waals surface area contributed by atoms with Crippen molar-refractivity contribution >= 4 is 11.7 Å². The van der Waals surface area contributed by atoms with E-state index < -0.39 is 0 Å². The van der Waals surface area contributed by atoms with E-state index in [0.717, 1.165) is 11.4 Å². The molecule has 122 valence electrons. The van der Waals surface area contributed by atoms with Gasteiger partial charge in [-0.15, -0.1) is 0 Å². The van der Waals surface area contributed by atoms with Crippen LogP contribution in [0.2, 0.25) is 0 Å². The number of nitrogens with zero attached hydrogens (tertiary/aromatic N) is 4. The second kappa shape index (κ2) is 6.91. The molecule has 0 aliphatic heterocycles. The zero-order valence-electron chi connectivity index (χ0n) is 13.4. The van der Waals surface area contributed by atoms with E-state index in [9.17, 15) is 4.79 Å². The number of anilines is 1. The van der Waals surface area contributed by atoms with Crippen LogP contribution in [0.4, 0.5) is 5.82 Å². The summed E-state index contributed by atoms with van der Waals surface area (Å²) in [5.74, 6) is 2.20. The highest BCUT2D eigenvalue weighted by atomic mass is 16.5. The predicted octanol–water partition coefficient (Wildman–Crippen LogP) is 2.30. The highest BCUT2D eigenvalue weighted by molar-refractivity contribution is 5.91. The van der Waals surface area contributed by atoms with E-state index in [2.05, 4.69) is 20.3 Å². The Hall–Kier alpha value is -3.22. The molecule has 1 amide bonds. The molecule has 24 heavy (non-hydrogen) atoms. The fraction of sp³-hybridized carbons (Fsp3) is 0.176. The van der Waals surface area contributed by atoms with Crippen LogP contribution in [0.25, 0.3) is 5.82 Å². The van der Waals surface area contributed by atoms with Crippen LogP contribution >= 0.6 is 0 Å². The van der Waals surface area contributed by atoms with E-state index in [1.165, 1.54) is 6.33 Å². The van der Waals surface area contributed by atoms with Gasteiger partial charge < -0.3 is 10.1 Å². The Kier molecular flexibility index (Phi) is 4.51. The first kappa shape index (κ1) is 15.7. The van der Waals surface area contributed by atoms with Crippen LogP contribution in [0.5, 0.6) is 5.75 Å². The fourth-order valence-corrected chi connectivity index (χ4v) is 2.13. The molecule has 0 unspecified atom stereocenters. The quantitative estimate of drug-likeness (QED) is 0.779. The Labute approximate surface area is 139 Å². The van der Waals surface area contributed by atoms with Crippen molar-refractivity contribution in [3.8, 4) is 11.6 Å². The topological polar surface area (TPSA) is 81.9 Å². The number of aromatic nitrogens is 4. The van der Waals surface area contributed by atoms with Gasteiger partial charge in [-0.05, 0) is 26.0 Å². The smallest absolute Gasteiger partial charge is 0.263 e. The fourth-order valence-electron chi connectivity index (χ4n) is 2.13. The van der Waals surface area contributed by atoms with Gasteiger partial charge in [0.25, 0.3) is 5.91 Å². The standard InChI is InChI=1S/C17H17N5O2/c1-12-3-5-14(6-4-12)24-10-17(23)21-15-9-16(20-11-19-15)22-8-7-18-13(22)2/h3-9,11H,10H2,1-2H3,(H,19,20,21,23). The number of rotatable bonds is 5. The maximum Gasteiger partial charge on any atom is 0.263 e. The van der Waals surface area contributed by atoms with Crippen molar-refractivity contribution in [2.45, 2.75) is 13.8 Å². The number of ether oxygens (including phenoxy) is 1. The summed E-state index contributed by atoms with van der Waals surface area (Å²) >= 11 is 0. The number of hydrogen-bond donors (Lipinski definition) is 1. The zero-order valence-corrected chi connectivity index (χ0v) is 13.4. The van der Waals surface area contributed by atoms with Crippen LogP contribution in [0.15, 0.2) is 49.1 Å². The molecule has 2 heterocycles. The van der Waals surface area contributed by atoms with Gasteiger partial charge in [0.05, 0.1) is 0 Å². The minimum absolute atomic E-state index is 0.0908. The third-order valence-electron chi connectivity index (χ3n) is 3.38. The molecule has 0 saturated heterocycles. The van der Waals surface area contributed by atoms with Gasteiger partial charge in [0.2, 0.25) is 0 Å². The SMILES string of the molecule is Cc1ccc(OCC(=O)Nc2cc(-n3ccnc3C)ncn2)cc1. The van der Waals surface area contributed by atoms with Gasteiger partial charge in [-0.3, -0.25) is 9.36 Å². The number of aryl methyl sites for hydroxylation is 2. The lowest BCUT2D eigenvalue weighted by Crippen LogP contribution is -2.21. The van der Waals surface area contributed by atoms with Crippen LogP contribution in [-0.4, -0.2) is 32.0 Å². The number of imidazole rings is 1. The van der Waals surface area contributed by atoms with Gasteiger partial charge in [-0.2, -0.15) is 0 Å². The first-order chi connectivity index (χ1) is 11.6. The van der Waals surface area contributed by atoms with E-state index >= 15 is 0 Å². The van der Waals surface area contributed by atoms with E-state index in [4.69, 9.17) is 4.74 Å². The van der Waals surface area contributed by atoms with Gasteiger partial charge in [0.1, 0.15) is 29.5 Å². The molecule has 0 bridgehead atoms. The van der Waals surface area contributed by atoms with Crippen LogP contribution < -0.4 is 10.1 Å². The Bertz CT molecular complexity index is 842. The van der Waals surface area contributed by atoms with Gasteiger partial charge >= 0.3 is 0 Å². The van der Waals surface area contributed by atoms with Gasteiger partial charge in [0, 0.05) is 18.5 Å². The Morgan fingerprint density at radius 2 is 1.96 bits per heavy atom. The third-order valence-corrected chi connectivity index (χ3v) is 3.38. The Morgan fingerprint density at radius 1 is 1.17 bits per heavy atom. The second-order valence-electron chi connectivity index (χ2n) is 5.26. The monoisotopic (exact) mass is 323 g/mol. The molecule has 1 aromatic carbocycles. The minimum Gasteiger partial charge on any atom is -0.484 e. The summed E-state index contributed by atoms with van der Waals surface area (Å²) in [4.78, 5) is 24.4. The number of carbonyl (C=O) groups excluding carboxylic acids is 1. The number of nitrogens with one attached hydrogen (secondary N) is 1. The maximum atomic E-state index is 12.0. The molecule has 3 aromatic rings. The molecule has 2 aromatic heterocycles. The summed E-state index contributed by atoms with van der Waals surface area (Å²) in [6.07, 6.45) is 4.88. The highest BCUT2D eigenvalue weighted by Gasteiger charge is 2.08. The Morgan fingerprint density at radius 3 is 2.67 bits per heavy atom. The first-order valence-electron chi connectivity index (χ1n) is 7.43. The number of carbonyl (C=O) groups is 1. The molecule has 7 heteroatoms. The summed E-state index contributed by atoms with van der Waals surface area (Å²) in [7, 11) is 0. The van der Waals surface area contributed by atoms with Crippen LogP contribution in [0.1, 0.15) is 11.4 Å². The molecule has 7 nitrogen and oxygen atoms in total. The molecule has 0 aliphatic carbocycles. The van der Waals surface area contributed by atoms with Crippen molar-refractivity contribution in [3.05, 3.63) is 60.4 Å². The molecule has 0 aliphatic rings. The molecular formula is C17H17N5O2. The lowest BCUT2D eigenvalue weighted by Gasteiger charge is -2.09. The molecule has 0 radical (unpaired) electrons. The molecule has 0 saturated carbocycles. The van der Waals surface area contributed by atoms with Gasteiger partial charge in [-0.25, -0.2) is 15.0 Å². The molecule has 1 N–H and O–H groups in total. The number of hydrogen-bond acceptors (Lipinski definition) is 5. The van der Waals surface area contributed by atoms with E-state index in [1.807, 2.05) is 38.1 Å². The van der Waals surface area contributed by atoms with E-state index in [1.54, 1.807) is 23.0 Å². The lowest BCUT2D eigenvalue weighted by atomic mass is 10.2. The van der Waals surface area contributed by atoms with E-state index in [0.29, 0.717) is 17.4 Å². The van der Waals surface area contributed by atoms with Crippen molar-refractivity contribution < 1.29 is 9.53 Å². The second-order valence-corrected chi connectivity index (χ2v) is 5.26. The van der Waals surface area contributed by atoms with Gasteiger partial charge in [-0.1, -0.05) is 17.7 Å². The van der Waals surface area contributed by atoms with Crippen molar-refractivity contribution in [2.75, 3.05) is 11.9 Å². The summed E-state index contributed by atoms with van der Waals surface area (Å²) in [6.45, 7) is 3.77. The third kappa shape index (κ3) is 3.75. The zero-order chi connectivity index (χ0) is 16.9.